The maximum absolute atomic E-state index is 16.4. The standard InChI is InChI=1S/C35H41FN8O4/c1-19(2)26-29(21(10-8-16-45)12-13-37-26)44-32-24(17-25(36)28(39-32)23-11-7-9-22-18-38-41-27(22)23)31(40-33(44)46)42-14-15-43(34(47)48)30(20(42)3)35(4,5)6/h7,9,11-13,17-20,30,45H,8,10,14-16H2,1-6H3,(H,38,41)(H,47,48). The van der Waals surface area contributed by atoms with Gasteiger partial charge in [0.15, 0.2) is 5.65 Å². The molecule has 1 fully saturated rings. The van der Waals surface area contributed by atoms with Gasteiger partial charge in [-0.1, -0.05) is 52.8 Å². The van der Waals surface area contributed by atoms with E-state index in [1.54, 1.807) is 24.5 Å². The van der Waals surface area contributed by atoms with E-state index in [1.807, 2.05) is 58.6 Å². The van der Waals surface area contributed by atoms with E-state index in [1.165, 1.54) is 15.5 Å². The molecule has 5 aromatic rings. The number of carbonyl (C=O) groups is 1. The van der Waals surface area contributed by atoms with E-state index < -0.39 is 35.1 Å². The number of carboxylic acid groups (broad SMARTS) is 1. The summed E-state index contributed by atoms with van der Waals surface area (Å²) in [6.07, 6.45) is 3.24. The SMILES string of the molecule is CC(C)c1nccc(CCCO)c1-n1c(=O)nc(N2CCN(C(=O)O)C(C(C)(C)C)C2C)c2cc(F)c(-c3cccc4cn[nH]c34)nc21. The van der Waals surface area contributed by atoms with E-state index in [-0.39, 0.29) is 42.8 Å². The molecule has 1 amide bonds. The van der Waals surface area contributed by atoms with Crippen LogP contribution in [0.1, 0.15) is 65.1 Å². The van der Waals surface area contributed by atoms with Gasteiger partial charge in [0, 0.05) is 42.9 Å². The number of fused-ring (bicyclic) bond motifs is 2. The fourth-order valence-electron chi connectivity index (χ4n) is 7.24. The average Bonchev–Trinajstić information content (AvgIpc) is 3.52. The molecule has 0 saturated carbocycles. The van der Waals surface area contributed by atoms with Crippen molar-refractivity contribution in [3.63, 3.8) is 0 Å². The molecule has 1 aliphatic heterocycles. The van der Waals surface area contributed by atoms with Crippen LogP contribution in [-0.2, 0) is 6.42 Å². The number of nitrogens with one attached hydrogen (secondary N) is 1. The molecule has 0 spiro atoms. The van der Waals surface area contributed by atoms with Gasteiger partial charge in [0.25, 0.3) is 0 Å². The number of aliphatic hydroxyl groups is 1. The first-order valence-electron chi connectivity index (χ1n) is 16.2. The lowest BCUT2D eigenvalue weighted by atomic mass is 9.80. The number of para-hydroxylation sites is 1. The normalized spacial score (nSPS) is 17.2. The van der Waals surface area contributed by atoms with Crippen LogP contribution in [0.25, 0.3) is 38.9 Å². The molecule has 2 atom stereocenters. The fraction of sp³-hybridized carbons (Fsp3) is 0.429. The number of aliphatic hydroxyl groups excluding tert-OH is 1. The maximum atomic E-state index is 16.4. The number of aromatic amines is 1. The lowest BCUT2D eigenvalue weighted by Crippen LogP contribution is -2.64. The van der Waals surface area contributed by atoms with Crippen LogP contribution >= 0.6 is 0 Å². The molecule has 1 saturated heterocycles. The Balaban J connectivity index is 1.68. The number of halogens is 1. The van der Waals surface area contributed by atoms with Crippen LogP contribution in [-0.4, -0.2) is 82.7 Å². The Morgan fingerprint density at radius 1 is 1.17 bits per heavy atom. The molecule has 3 N–H and O–H groups in total. The van der Waals surface area contributed by atoms with E-state index in [9.17, 15) is 19.8 Å². The third kappa shape index (κ3) is 5.65. The molecule has 4 aromatic heterocycles. The molecule has 12 nitrogen and oxygen atoms in total. The molecule has 48 heavy (non-hydrogen) atoms. The first-order chi connectivity index (χ1) is 22.8. The number of H-pyrrole nitrogens is 1. The minimum atomic E-state index is -1.02. The lowest BCUT2D eigenvalue weighted by molar-refractivity contribution is 0.0562. The van der Waals surface area contributed by atoms with E-state index in [0.29, 0.717) is 40.7 Å². The second kappa shape index (κ2) is 12.6. The van der Waals surface area contributed by atoms with Gasteiger partial charge in [-0.05, 0) is 48.8 Å². The molecule has 5 heterocycles. The topological polar surface area (TPSA) is 153 Å². The summed E-state index contributed by atoms with van der Waals surface area (Å²) >= 11 is 0. The number of hydrogen-bond acceptors (Lipinski definition) is 8. The highest BCUT2D eigenvalue weighted by Gasteiger charge is 2.44. The summed E-state index contributed by atoms with van der Waals surface area (Å²) in [6.45, 7) is 12.2. The quantitative estimate of drug-likeness (QED) is 0.206. The minimum absolute atomic E-state index is 0.0332. The molecule has 0 aliphatic carbocycles. The van der Waals surface area contributed by atoms with Gasteiger partial charge in [0.2, 0.25) is 0 Å². The van der Waals surface area contributed by atoms with Crippen molar-refractivity contribution in [3.05, 3.63) is 70.3 Å². The third-order valence-electron chi connectivity index (χ3n) is 9.22. The lowest BCUT2D eigenvalue weighted by Gasteiger charge is -2.51. The summed E-state index contributed by atoms with van der Waals surface area (Å²) < 4.78 is 17.9. The van der Waals surface area contributed by atoms with Crippen molar-refractivity contribution in [1.82, 2.24) is 34.6 Å². The van der Waals surface area contributed by atoms with Crippen molar-refractivity contribution in [2.45, 2.75) is 72.4 Å². The van der Waals surface area contributed by atoms with Crippen LogP contribution in [0.2, 0.25) is 0 Å². The van der Waals surface area contributed by atoms with Crippen LogP contribution in [0, 0.1) is 11.2 Å². The highest BCUT2D eigenvalue weighted by Crippen LogP contribution is 2.38. The van der Waals surface area contributed by atoms with Crippen molar-refractivity contribution in [3.8, 4) is 16.9 Å². The largest absolute Gasteiger partial charge is 0.465 e. The Morgan fingerprint density at radius 3 is 2.62 bits per heavy atom. The average molecular weight is 657 g/mol. The molecule has 6 rings (SSSR count). The van der Waals surface area contributed by atoms with Crippen LogP contribution in [0.4, 0.5) is 15.0 Å². The first-order valence-corrected chi connectivity index (χ1v) is 16.2. The number of pyridine rings is 2. The Morgan fingerprint density at radius 2 is 1.94 bits per heavy atom. The van der Waals surface area contributed by atoms with Gasteiger partial charge in [-0.15, -0.1) is 0 Å². The van der Waals surface area contributed by atoms with E-state index in [0.717, 1.165) is 10.9 Å². The highest BCUT2D eigenvalue weighted by atomic mass is 19.1. The number of nitrogens with zero attached hydrogens (tertiary/aromatic N) is 7. The van der Waals surface area contributed by atoms with Crippen LogP contribution in [0.3, 0.4) is 0 Å². The summed E-state index contributed by atoms with van der Waals surface area (Å²) in [7, 11) is 0. The van der Waals surface area contributed by atoms with Gasteiger partial charge in [-0.2, -0.15) is 10.1 Å². The van der Waals surface area contributed by atoms with Gasteiger partial charge >= 0.3 is 11.8 Å². The monoisotopic (exact) mass is 656 g/mol. The van der Waals surface area contributed by atoms with Gasteiger partial charge in [-0.25, -0.2) is 23.5 Å². The predicted octanol–water partition coefficient (Wildman–Crippen LogP) is 5.51. The van der Waals surface area contributed by atoms with Crippen molar-refractivity contribution < 1.29 is 19.4 Å². The maximum Gasteiger partial charge on any atom is 0.407 e. The zero-order valence-electron chi connectivity index (χ0n) is 28.0. The van der Waals surface area contributed by atoms with Gasteiger partial charge in [0.1, 0.15) is 17.3 Å². The van der Waals surface area contributed by atoms with Gasteiger partial charge in [0.05, 0.1) is 34.5 Å². The first kappa shape index (κ1) is 33.0. The Labute approximate surface area is 277 Å². The van der Waals surface area contributed by atoms with E-state index in [2.05, 4.69) is 20.2 Å². The van der Waals surface area contributed by atoms with Crippen molar-refractivity contribution >= 4 is 33.8 Å². The Hall–Kier alpha value is -4.91. The summed E-state index contributed by atoms with van der Waals surface area (Å²) in [4.78, 5) is 44.3. The molecule has 0 radical (unpaired) electrons. The van der Waals surface area contributed by atoms with Crippen LogP contribution < -0.4 is 10.6 Å². The number of rotatable bonds is 7. The number of amides is 1. The number of anilines is 1. The van der Waals surface area contributed by atoms with Crippen molar-refractivity contribution in [2.24, 2.45) is 5.41 Å². The summed E-state index contributed by atoms with van der Waals surface area (Å²) in [5, 5.41) is 27.9. The van der Waals surface area contributed by atoms with Crippen molar-refractivity contribution in [2.75, 3.05) is 24.6 Å². The Kier molecular flexibility index (Phi) is 8.67. The zero-order valence-corrected chi connectivity index (χ0v) is 28.0. The molecular weight excluding hydrogens is 615 g/mol. The number of aromatic nitrogens is 6. The predicted molar refractivity (Wildman–Crippen MR) is 182 cm³/mol. The second-order valence-electron chi connectivity index (χ2n) is 13.8. The van der Waals surface area contributed by atoms with Crippen LogP contribution in [0.15, 0.2) is 47.5 Å². The van der Waals surface area contributed by atoms with E-state index in [4.69, 9.17) is 4.98 Å². The number of hydrogen-bond donors (Lipinski definition) is 3. The fourth-order valence-corrected chi connectivity index (χ4v) is 7.24. The van der Waals surface area contributed by atoms with Crippen molar-refractivity contribution in [1.29, 1.82) is 0 Å². The van der Waals surface area contributed by atoms with Gasteiger partial charge in [-0.3, -0.25) is 10.1 Å². The van der Waals surface area contributed by atoms with Crippen LogP contribution in [0.5, 0.6) is 0 Å². The number of aryl methyl sites for hydroxylation is 1. The Bertz CT molecular complexity index is 2070. The molecule has 1 aromatic carbocycles. The summed E-state index contributed by atoms with van der Waals surface area (Å²) in [5.74, 6) is -0.466. The zero-order chi connectivity index (χ0) is 34.5. The molecule has 0 bridgehead atoms. The third-order valence-corrected chi connectivity index (χ3v) is 9.22. The smallest absolute Gasteiger partial charge is 0.407 e. The summed E-state index contributed by atoms with van der Waals surface area (Å²) in [5.41, 5.74) is 2.16. The molecule has 252 valence electrons. The van der Waals surface area contributed by atoms with E-state index >= 15 is 4.39 Å². The number of benzene rings is 1. The molecule has 13 heteroatoms. The minimum Gasteiger partial charge on any atom is -0.465 e. The summed E-state index contributed by atoms with van der Waals surface area (Å²) in [6, 6.07) is 7.73. The second-order valence-corrected chi connectivity index (χ2v) is 13.8. The highest BCUT2D eigenvalue weighted by molar-refractivity contribution is 5.96. The van der Waals surface area contributed by atoms with Gasteiger partial charge < -0.3 is 20.0 Å². The number of piperazine rings is 1. The molecule has 2 unspecified atom stereocenters. The molecular formula is C35H41FN8O4. The molecule has 1 aliphatic rings.